The van der Waals surface area contributed by atoms with Crippen molar-refractivity contribution in [3.05, 3.63) is 34.3 Å². The molecular weight excluding hydrogens is 318 g/mol. The van der Waals surface area contributed by atoms with Gasteiger partial charge in [-0.1, -0.05) is 44.0 Å². The highest BCUT2D eigenvalue weighted by Gasteiger charge is 2.25. The maximum absolute atomic E-state index is 12.7. The molecule has 78 valence electrons. The minimum Gasteiger partial charge on any atom is -0.207 e. The van der Waals surface area contributed by atoms with Gasteiger partial charge in [-0.2, -0.15) is 0 Å². The van der Waals surface area contributed by atoms with Gasteiger partial charge in [-0.25, -0.2) is 8.78 Å². The van der Waals surface area contributed by atoms with E-state index in [-0.39, 0.29) is 11.2 Å². The third kappa shape index (κ3) is 4.05. The topological polar surface area (TPSA) is 0 Å². The molecule has 0 N–H and O–H groups in total. The summed E-state index contributed by atoms with van der Waals surface area (Å²) >= 11 is 6.54. The molecule has 1 unspecified atom stereocenters. The van der Waals surface area contributed by atoms with Crippen molar-refractivity contribution in [2.24, 2.45) is 0 Å². The summed E-state index contributed by atoms with van der Waals surface area (Å²) < 4.78 is 26.3. The minimum absolute atomic E-state index is 0.186. The Hall–Kier alpha value is 0.0400. The lowest BCUT2D eigenvalue weighted by atomic mass is 10.1. The van der Waals surface area contributed by atoms with Crippen LogP contribution in [0.5, 0.6) is 0 Å². The number of hydrogen-bond acceptors (Lipinski definition) is 0. The SMILES string of the molecule is CC(F)(F)CC(Br)c1ccc(Br)cc1. The van der Waals surface area contributed by atoms with Crippen LogP contribution in [-0.2, 0) is 0 Å². The number of hydrogen-bond donors (Lipinski definition) is 0. The third-order valence-electron chi connectivity index (χ3n) is 1.77. The lowest BCUT2D eigenvalue weighted by Gasteiger charge is -2.15. The van der Waals surface area contributed by atoms with Crippen molar-refractivity contribution in [1.29, 1.82) is 0 Å². The van der Waals surface area contributed by atoms with Gasteiger partial charge in [0.2, 0.25) is 5.92 Å². The number of rotatable bonds is 3. The number of alkyl halides is 3. The lowest BCUT2D eigenvalue weighted by molar-refractivity contribution is 0.0130. The zero-order chi connectivity index (χ0) is 10.8. The first-order valence-electron chi connectivity index (χ1n) is 4.16. The van der Waals surface area contributed by atoms with E-state index in [1.54, 1.807) is 0 Å². The molecule has 1 atom stereocenters. The summed E-state index contributed by atoms with van der Waals surface area (Å²) in [4.78, 5) is -0.296. The molecule has 0 radical (unpaired) electrons. The molecule has 0 fully saturated rings. The summed E-state index contributed by atoms with van der Waals surface area (Å²) in [6.07, 6.45) is -0.186. The van der Waals surface area contributed by atoms with Crippen molar-refractivity contribution in [2.75, 3.05) is 0 Å². The molecule has 4 heteroatoms. The van der Waals surface area contributed by atoms with Gasteiger partial charge in [-0.05, 0) is 24.6 Å². The van der Waals surface area contributed by atoms with Crippen LogP contribution in [0.2, 0.25) is 0 Å². The Kier molecular flexibility index (Phi) is 4.07. The Morgan fingerprint density at radius 1 is 1.29 bits per heavy atom. The van der Waals surface area contributed by atoms with E-state index in [1.165, 1.54) is 0 Å². The second kappa shape index (κ2) is 4.71. The lowest BCUT2D eigenvalue weighted by Crippen LogP contribution is -2.12. The van der Waals surface area contributed by atoms with E-state index in [0.29, 0.717) is 0 Å². The fraction of sp³-hybridized carbons (Fsp3) is 0.400. The highest BCUT2D eigenvalue weighted by Crippen LogP contribution is 2.34. The van der Waals surface area contributed by atoms with E-state index < -0.39 is 5.92 Å². The number of benzene rings is 1. The molecule has 0 spiro atoms. The van der Waals surface area contributed by atoms with E-state index in [1.807, 2.05) is 24.3 Å². The molecule has 14 heavy (non-hydrogen) atoms. The summed E-state index contributed by atoms with van der Waals surface area (Å²) in [5.41, 5.74) is 0.870. The predicted molar refractivity (Wildman–Crippen MR) is 61.0 cm³/mol. The Morgan fingerprint density at radius 3 is 2.21 bits per heavy atom. The van der Waals surface area contributed by atoms with Gasteiger partial charge in [-0.3, -0.25) is 0 Å². The van der Waals surface area contributed by atoms with Crippen LogP contribution < -0.4 is 0 Å². The van der Waals surface area contributed by atoms with Crippen LogP contribution in [0.15, 0.2) is 28.7 Å². The van der Waals surface area contributed by atoms with Gasteiger partial charge < -0.3 is 0 Å². The van der Waals surface area contributed by atoms with Crippen molar-refractivity contribution < 1.29 is 8.78 Å². The van der Waals surface area contributed by atoms with Crippen LogP contribution in [0, 0.1) is 0 Å². The third-order valence-corrected chi connectivity index (χ3v) is 3.15. The standard InChI is InChI=1S/C10H10Br2F2/c1-10(13,14)6-9(12)7-2-4-8(11)5-3-7/h2-5,9H,6H2,1H3. The van der Waals surface area contributed by atoms with Crippen LogP contribution in [0.4, 0.5) is 8.78 Å². The van der Waals surface area contributed by atoms with E-state index in [2.05, 4.69) is 31.9 Å². The molecule has 0 saturated carbocycles. The monoisotopic (exact) mass is 326 g/mol. The highest BCUT2D eigenvalue weighted by atomic mass is 79.9. The fourth-order valence-electron chi connectivity index (χ4n) is 1.10. The first-order chi connectivity index (χ1) is 6.38. The zero-order valence-electron chi connectivity index (χ0n) is 7.61. The molecule has 0 aliphatic carbocycles. The van der Waals surface area contributed by atoms with Crippen molar-refractivity contribution in [3.63, 3.8) is 0 Å². The molecule has 0 aliphatic heterocycles. The van der Waals surface area contributed by atoms with Gasteiger partial charge in [0.25, 0.3) is 0 Å². The second-order valence-corrected chi connectivity index (χ2v) is 5.31. The van der Waals surface area contributed by atoms with Gasteiger partial charge in [-0.15, -0.1) is 0 Å². The van der Waals surface area contributed by atoms with Crippen LogP contribution in [-0.4, -0.2) is 5.92 Å². The van der Waals surface area contributed by atoms with E-state index in [9.17, 15) is 8.78 Å². The summed E-state index contributed by atoms with van der Waals surface area (Å²) in [6.45, 7) is 0.931. The molecule has 0 heterocycles. The minimum atomic E-state index is -2.64. The first-order valence-corrected chi connectivity index (χ1v) is 5.87. The average Bonchev–Trinajstić information content (AvgIpc) is 2.02. The van der Waals surface area contributed by atoms with E-state index in [0.717, 1.165) is 17.0 Å². The van der Waals surface area contributed by atoms with Gasteiger partial charge in [0.05, 0.1) is 0 Å². The van der Waals surface area contributed by atoms with E-state index >= 15 is 0 Å². The summed E-state index contributed by atoms with van der Waals surface area (Å²) in [6, 6.07) is 7.35. The molecule has 1 rings (SSSR count). The first kappa shape index (κ1) is 12.1. The molecule has 1 aromatic carbocycles. The summed E-state index contributed by atoms with van der Waals surface area (Å²) in [7, 11) is 0. The molecule has 0 nitrogen and oxygen atoms in total. The predicted octanol–water partition coefficient (Wildman–Crippen LogP) is 4.93. The van der Waals surface area contributed by atoms with Gasteiger partial charge >= 0.3 is 0 Å². The molecule has 0 bridgehead atoms. The maximum Gasteiger partial charge on any atom is 0.246 e. The molecule has 0 aliphatic rings. The Bertz CT molecular complexity index is 290. The van der Waals surface area contributed by atoms with E-state index in [4.69, 9.17) is 0 Å². The molecular formula is C10H10Br2F2. The Balaban J connectivity index is 2.70. The van der Waals surface area contributed by atoms with Crippen molar-refractivity contribution in [3.8, 4) is 0 Å². The van der Waals surface area contributed by atoms with Crippen molar-refractivity contribution >= 4 is 31.9 Å². The Morgan fingerprint density at radius 2 is 1.79 bits per heavy atom. The molecule has 0 saturated heterocycles. The maximum atomic E-state index is 12.7. The van der Waals surface area contributed by atoms with Crippen molar-refractivity contribution in [1.82, 2.24) is 0 Å². The summed E-state index contributed by atoms with van der Waals surface area (Å²) in [5, 5.41) is 0. The molecule has 1 aromatic rings. The van der Waals surface area contributed by atoms with Crippen LogP contribution >= 0.6 is 31.9 Å². The highest BCUT2D eigenvalue weighted by molar-refractivity contribution is 9.10. The van der Waals surface area contributed by atoms with Gasteiger partial charge in [0.1, 0.15) is 0 Å². The number of halogens is 4. The van der Waals surface area contributed by atoms with Crippen molar-refractivity contribution in [2.45, 2.75) is 24.1 Å². The summed E-state index contributed by atoms with van der Waals surface area (Å²) in [5.74, 6) is -2.64. The Labute approximate surface area is 99.0 Å². The normalized spacial score (nSPS) is 14.1. The fourth-order valence-corrected chi connectivity index (χ4v) is 2.24. The smallest absolute Gasteiger partial charge is 0.207 e. The largest absolute Gasteiger partial charge is 0.246 e. The molecule has 0 amide bonds. The molecule has 0 aromatic heterocycles. The van der Waals surface area contributed by atoms with Gasteiger partial charge in [0.15, 0.2) is 0 Å². The zero-order valence-corrected chi connectivity index (χ0v) is 10.8. The second-order valence-electron chi connectivity index (χ2n) is 3.29. The quantitative estimate of drug-likeness (QED) is 0.690. The average molecular weight is 328 g/mol. The van der Waals surface area contributed by atoms with Gasteiger partial charge in [0, 0.05) is 15.7 Å². The van der Waals surface area contributed by atoms with Crippen LogP contribution in [0.25, 0.3) is 0 Å². The van der Waals surface area contributed by atoms with Crippen LogP contribution in [0.3, 0.4) is 0 Å². The van der Waals surface area contributed by atoms with Crippen LogP contribution in [0.1, 0.15) is 23.7 Å².